The van der Waals surface area contributed by atoms with E-state index in [1.54, 1.807) is 0 Å². The van der Waals surface area contributed by atoms with Crippen molar-refractivity contribution in [2.45, 2.75) is 58.2 Å². The number of hydrogen-bond donors (Lipinski definition) is 0. The van der Waals surface area contributed by atoms with Gasteiger partial charge in [0.1, 0.15) is 16.9 Å². The molecule has 0 aliphatic heterocycles. The van der Waals surface area contributed by atoms with Gasteiger partial charge in [-0.3, -0.25) is 0 Å². The molecule has 1 aromatic heterocycles. The molecule has 1 heterocycles. The number of fused-ring (bicyclic) bond motifs is 5. The van der Waals surface area contributed by atoms with E-state index in [0.717, 1.165) is 44.2 Å². The van der Waals surface area contributed by atoms with Crippen molar-refractivity contribution in [1.29, 1.82) is 0 Å². The molecule has 0 aliphatic rings. The third-order valence-corrected chi connectivity index (χ3v) is 13.5. The zero-order valence-corrected chi connectivity index (χ0v) is 22.1. The van der Waals surface area contributed by atoms with Gasteiger partial charge in [-0.05, 0) is 45.8 Å². The van der Waals surface area contributed by atoms with Crippen molar-refractivity contribution in [2.24, 2.45) is 0 Å². The molecule has 0 radical (unpaired) electrons. The van der Waals surface area contributed by atoms with Gasteiger partial charge in [0, 0.05) is 16.3 Å². The zero-order valence-electron chi connectivity index (χ0n) is 21.1. The van der Waals surface area contributed by atoms with E-state index in [0.29, 0.717) is 16.6 Å². The van der Waals surface area contributed by atoms with Gasteiger partial charge in [0.15, 0.2) is 0 Å². The fraction of sp³-hybridized carbons (Fsp3) is 0.290. The molecule has 34 heavy (non-hydrogen) atoms. The summed E-state index contributed by atoms with van der Waals surface area (Å²) >= 11 is 0. The Hall–Kier alpha value is -3.04. The van der Waals surface area contributed by atoms with Crippen molar-refractivity contribution in [1.82, 2.24) is 0 Å². The molecule has 5 rings (SSSR count). The van der Waals surface area contributed by atoms with Crippen molar-refractivity contribution in [3.8, 4) is 16.9 Å². The van der Waals surface area contributed by atoms with Gasteiger partial charge in [-0.25, -0.2) is 0 Å². The summed E-state index contributed by atoms with van der Waals surface area (Å²) < 4.78 is 14.0. The molecule has 0 spiro atoms. The predicted octanol–water partition coefficient (Wildman–Crippen LogP) is 9.96. The molecule has 0 fully saturated rings. The quantitative estimate of drug-likeness (QED) is 0.232. The van der Waals surface area contributed by atoms with Crippen LogP contribution in [0.2, 0.25) is 16.6 Å². The van der Waals surface area contributed by atoms with Gasteiger partial charge in [-0.15, -0.1) is 0 Å². The van der Waals surface area contributed by atoms with Gasteiger partial charge in [0.05, 0.1) is 5.39 Å². The van der Waals surface area contributed by atoms with Crippen molar-refractivity contribution in [2.75, 3.05) is 0 Å². The van der Waals surface area contributed by atoms with Gasteiger partial charge < -0.3 is 8.84 Å². The Bertz CT molecular complexity index is 1440. The lowest BCUT2D eigenvalue weighted by Gasteiger charge is -2.42. The Kier molecular flexibility index (Phi) is 5.77. The summed E-state index contributed by atoms with van der Waals surface area (Å²) in [7, 11) is -2.14. The van der Waals surface area contributed by atoms with Crippen LogP contribution in [0.25, 0.3) is 43.8 Å². The van der Waals surface area contributed by atoms with Crippen LogP contribution < -0.4 is 4.43 Å². The standard InChI is InChI=1S/C31H34O2Si/c1-20(2)34(21(3)4,22(5)6)33-28-19-18-26(23-12-8-7-9-13-23)31-29(28)27-17-16-24-14-10-11-15-25(24)30(27)32-31/h7-22H,1-6H3. The van der Waals surface area contributed by atoms with Gasteiger partial charge in [-0.1, -0.05) is 102 Å². The third kappa shape index (κ3) is 3.45. The van der Waals surface area contributed by atoms with E-state index >= 15 is 0 Å². The topological polar surface area (TPSA) is 22.4 Å². The second-order valence-corrected chi connectivity index (χ2v) is 15.7. The van der Waals surface area contributed by atoms with Crippen LogP contribution in [0.5, 0.6) is 5.75 Å². The molecular formula is C31H34O2Si. The molecule has 0 saturated heterocycles. The first kappa shape index (κ1) is 22.7. The minimum Gasteiger partial charge on any atom is -0.542 e. The fourth-order valence-corrected chi connectivity index (χ4v) is 11.3. The molecule has 0 bridgehead atoms. The van der Waals surface area contributed by atoms with Gasteiger partial charge in [0.2, 0.25) is 0 Å². The molecule has 0 unspecified atom stereocenters. The first-order chi connectivity index (χ1) is 16.3. The predicted molar refractivity (Wildman–Crippen MR) is 148 cm³/mol. The Labute approximate surface area is 203 Å². The second kappa shape index (κ2) is 8.63. The van der Waals surface area contributed by atoms with Crippen LogP contribution >= 0.6 is 0 Å². The largest absolute Gasteiger partial charge is 0.542 e. The number of benzene rings is 4. The van der Waals surface area contributed by atoms with E-state index in [1.165, 1.54) is 5.39 Å². The smallest absolute Gasteiger partial charge is 0.258 e. The minimum atomic E-state index is -2.14. The van der Waals surface area contributed by atoms with E-state index in [9.17, 15) is 0 Å². The Morgan fingerprint density at radius 3 is 1.94 bits per heavy atom. The highest BCUT2D eigenvalue weighted by molar-refractivity contribution is 6.78. The van der Waals surface area contributed by atoms with Crippen LogP contribution in [0.15, 0.2) is 83.3 Å². The zero-order chi connectivity index (χ0) is 24.0. The first-order valence-corrected chi connectivity index (χ1v) is 14.6. The molecule has 5 aromatic rings. The molecule has 4 aromatic carbocycles. The lowest BCUT2D eigenvalue weighted by molar-refractivity contribution is 0.484. The summed E-state index contributed by atoms with van der Waals surface area (Å²) in [5.41, 5.74) is 5.60. The highest BCUT2D eigenvalue weighted by Crippen LogP contribution is 2.48. The summed E-state index contributed by atoms with van der Waals surface area (Å²) in [6.07, 6.45) is 0. The summed E-state index contributed by atoms with van der Waals surface area (Å²) in [5.74, 6) is 0.964. The van der Waals surface area contributed by atoms with E-state index in [-0.39, 0.29) is 0 Å². The lowest BCUT2D eigenvalue weighted by Crippen LogP contribution is -2.50. The molecule has 0 aliphatic carbocycles. The van der Waals surface area contributed by atoms with Crippen LogP contribution in [0.4, 0.5) is 0 Å². The van der Waals surface area contributed by atoms with Gasteiger partial charge >= 0.3 is 0 Å². The maximum atomic E-state index is 7.25. The average Bonchev–Trinajstić information content (AvgIpc) is 3.23. The third-order valence-electron chi connectivity index (χ3n) is 7.55. The van der Waals surface area contributed by atoms with Gasteiger partial charge in [-0.2, -0.15) is 0 Å². The summed E-state index contributed by atoms with van der Waals surface area (Å²) in [6, 6.07) is 27.7. The molecule has 0 atom stereocenters. The fourth-order valence-electron chi connectivity index (χ4n) is 6.05. The molecule has 0 N–H and O–H groups in total. The lowest BCUT2D eigenvalue weighted by atomic mass is 10.0. The normalized spacial score (nSPS) is 12.6. The maximum absolute atomic E-state index is 7.25. The molecular weight excluding hydrogens is 432 g/mol. The van der Waals surface area contributed by atoms with Crippen LogP contribution in [0, 0.1) is 0 Å². The average molecular weight is 467 g/mol. The molecule has 3 heteroatoms. The monoisotopic (exact) mass is 466 g/mol. The first-order valence-electron chi connectivity index (χ1n) is 12.5. The number of furan rings is 1. The maximum Gasteiger partial charge on any atom is 0.258 e. The Balaban J connectivity index is 1.86. The van der Waals surface area contributed by atoms with Crippen LogP contribution in [-0.2, 0) is 0 Å². The van der Waals surface area contributed by atoms with Crippen molar-refractivity contribution in [3.63, 3.8) is 0 Å². The van der Waals surface area contributed by atoms with E-state index in [4.69, 9.17) is 8.84 Å². The van der Waals surface area contributed by atoms with E-state index < -0.39 is 8.32 Å². The molecule has 174 valence electrons. The molecule has 0 amide bonds. The summed E-state index contributed by atoms with van der Waals surface area (Å²) in [5, 5.41) is 4.55. The molecule has 2 nitrogen and oxygen atoms in total. The Morgan fingerprint density at radius 1 is 0.618 bits per heavy atom. The highest BCUT2D eigenvalue weighted by atomic mass is 28.4. The van der Waals surface area contributed by atoms with Crippen molar-refractivity contribution < 1.29 is 8.84 Å². The molecule has 0 saturated carbocycles. The van der Waals surface area contributed by atoms with Crippen molar-refractivity contribution >= 4 is 41.0 Å². The minimum absolute atomic E-state index is 0.496. The van der Waals surface area contributed by atoms with Crippen molar-refractivity contribution in [3.05, 3.63) is 78.9 Å². The highest BCUT2D eigenvalue weighted by Gasteiger charge is 2.47. The SMILES string of the molecule is CC(C)[Si](Oc1ccc(-c2ccccc2)c2oc3c4ccccc4ccc3c12)(C(C)C)C(C)C. The van der Waals surface area contributed by atoms with Crippen LogP contribution in [-0.4, -0.2) is 8.32 Å². The summed E-state index contributed by atoms with van der Waals surface area (Å²) in [6.45, 7) is 14.0. The summed E-state index contributed by atoms with van der Waals surface area (Å²) in [4.78, 5) is 0. The van der Waals surface area contributed by atoms with E-state index in [1.807, 2.05) is 0 Å². The number of rotatable bonds is 6. The Morgan fingerprint density at radius 2 is 1.26 bits per heavy atom. The second-order valence-electron chi connectivity index (χ2n) is 10.4. The van der Waals surface area contributed by atoms with Crippen LogP contribution in [0.1, 0.15) is 41.5 Å². The van der Waals surface area contributed by atoms with E-state index in [2.05, 4.69) is 120 Å². The number of hydrogen-bond acceptors (Lipinski definition) is 2. The van der Waals surface area contributed by atoms with Crippen LogP contribution in [0.3, 0.4) is 0 Å². The van der Waals surface area contributed by atoms with Gasteiger partial charge in [0.25, 0.3) is 8.32 Å².